The molecule has 40 heavy (non-hydrogen) atoms. The Balaban J connectivity index is 2.01. The largest absolute Gasteiger partial charge is 0.410 e. The maximum absolute atomic E-state index is 12.7. The van der Waals surface area contributed by atoms with E-state index in [0.717, 1.165) is 43.9 Å². The first-order valence-electron chi connectivity index (χ1n) is 14.3. The lowest BCUT2D eigenvalue weighted by molar-refractivity contribution is -0.128. The number of rotatable bonds is 16. The molecule has 1 aromatic carbocycles. The summed E-state index contributed by atoms with van der Waals surface area (Å²) in [6, 6.07) is 8.49. The molecule has 0 unspecified atom stereocenters. The van der Waals surface area contributed by atoms with Crippen LogP contribution >= 0.6 is 0 Å². The van der Waals surface area contributed by atoms with Crippen molar-refractivity contribution in [2.24, 2.45) is 0 Å². The number of ether oxygens (including phenoxy) is 1. The quantitative estimate of drug-likeness (QED) is 0.158. The lowest BCUT2D eigenvalue weighted by atomic mass is 10.0. The first-order chi connectivity index (χ1) is 18.6. The molecular formula is C30H50N2O6SSi. The number of sulfonamides is 1. The Morgan fingerprint density at radius 2 is 1.85 bits per heavy atom. The average molecular weight is 595 g/mol. The summed E-state index contributed by atoms with van der Waals surface area (Å²) in [5.41, 5.74) is 2.34. The summed E-state index contributed by atoms with van der Waals surface area (Å²) in [7, 11) is -3.84. The molecule has 0 bridgehead atoms. The van der Waals surface area contributed by atoms with Gasteiger partial charge in [0.15, 0.2) is 8.32 Å². The number of benzene rings is 1. The Morgan fingerprint density at radius 3 is 2.50 bits per heavy atom. The minimum Gasteiger partial charge on any atom is -0.410 e. The summed E-state index contributed by atoms with van der Waals surface area (Å²) in [5.74, 6) is -0.293. The Kier molecular flexibility index (Phi) is 13.1. The zero-order valence-corrected chi connectivity index (χ0v) is 27.3. The van der Waals surface area contributed by atoms with Crippen LogP contribution in [-0.4, -0.2) is 65.5 Å². The van der Waals surface area contributed by atoms with Crippen molar-refractivity contribution >= 4 is 30.2 Å². The zero-order valence-electron chi connectivity index (χ0n) is 25.5. The van der Waals surface area contributed by atoms with Crippen LogP contribution in [-0.2, 0) is 41.8 Å². The smallest absolute Gasteiger partial charge is 0.233 e. The van der Waals surface area contributed by atoms with E-state index in [2.05, 4.69) is 70.3 Å². The third-order valence-corrected chi connectivity index (χ3v) is 12.9. The summed E-state index contributed by atoms with van der Waals surface area (Å²) in [6.07, 6.45) is 10.7. The molecule has 0 saturated carbocycles. The van der Waals surface area contributed by atoms with Gasteiger partial charge in [-0.1, -0.05) is 70.0 Å². The van der Waals surface area contributed by atoms with Crippen molar-refractivity contribution in [2.45, 2.75) is 109 Å². The van der Waals surface area contributed by atoms with Crippen molar-refractivity contribution < 1.29 is 27.2 Å². The van der Waals surface area contributed by atoms with Crippen molar-refractivity contribution in [1.29, 1.82) is 0 Å². The molecule has 2 rings (SSSR count). The maximum Gasteiger partial charge on any atom is 0.233 e. The molecule has 226 valence electrons. The van der Waals surface area contributed by atoms with E-state index in [1.807, 2.05) is 9.62 Å². The van der Waals surface area contributed by atoms with Crippen LogP contribution < -0.4 is 4.72 Å². The number of nitrogens with one attached hydrogen (secondary N) is 1. The summed E-state index contributed by atoms with van der Waals surface area (Å²) in [4.78, 5) is 26.3. The molecule has 1 heterocycles. The number of hydrogen-bond acceptors (Lipinski definition) is 6. The molecular weight excluding hydrogens is 544 g/mol. The highest BCUT2D eigenvalue weighted by Crippen LogP contribution is 2.38. The van der Waals surface area contributed by atoms with Crippen LogP contribution in [0.15, 0.2) is 36.4 Å². The average Bonchev–Trinajstić information content (AvgIpc) is 3.17. The number of hydrogen-bond donors (Lipinski definition) is 1. The molecule has 2 amide bonds. The Labute approximate surface area is 243 Å². The van der Waals surface area contributed by atoms with Crippen LogP contribution in [0.25, 0.3) is 0 Å². The SMILES string of the molecule is COCc1cccc(C[C@@H](/C=C/[C@H]2CCC(=O)N2CCCCCCC(=O)NS(C)(=O)=O)O[Si](C)(C)C(C)(C)C)c1. The third-order valence-electron chi connectivity index (χ3n) is 7.77. The van der Waals surface area contributed by atoms with Crippen LogP contribution in [0.4, 0.5) is 0 Å². The van der Waals surface area contributed by atoms with Crippen LogP contribution in [0, 0.1) is 0 Å². The van der Waals surface area contributed by atoms with Gasteiger partial charge in [0.2, 0.25) is 21.8 Å². The van der Waals surface area contributed by atoms with E-state index in [9.17, 15) is 18.0 Å². The number of unbranched alkanes of at least 4 members (excludes halogenated alkanes) is 3. The predicted molar refractivity (Wildman–Crippen MR) is 163 cm³/mol. The van der Waals surface area contributed by atoms with Crippen molar-refractivity contribution in [3.8, 4) is 0 Å². The first kappa shape index (κ1) is 34.2. The summed E-state index contributed by atoms with van der Waals surface area (Å²) < 4.78 is 36.4. The van der Waals surface area contributed by atoms with E-state index >= 15 is 0 Å². The van der Waals surface area contributed by atoms with Gasteiger partial charge in [-0.25, -0.2) is 8.42 Å². The van der Waals surface area contributed by atoms with Crippen molar-refractivity contribution in [3.63, 3.8) is 0 Å². The highest BCUT2D eigenvalue weighted by atomic mass is 32.2. The normalized spacial score (nSPS) is 17.5. The Hall–Kier alpha value is -2.01. The van der Waals surface area contributed by atoms with Gasteiger partial charge in [0.1, 0.15) is 0 Å². The van der Waals surface area contributed by atoms with Gasteiger partial charge in [-0.05, 0) is 48.5 Å². The Bertz CT molecular complexity index is 1110. The number of carbonyl (C=O) groups excluding carboxylic acids is 2. The summed E-state index contributed by atoms with van der Waals surface area (Å²) in [5, 5.41) is 0.0812. The van der Waals surface area contributed by atoms with Crippen molar-refractivity contribution in [3.05, 3.63) is 47.5 Å². The highest BCUT2D eigenvalue weighted by molar-refractivity contribution is 7.89. The van der Waals surface area contributed by atoms with Crippen LogP contribution in [0.1, 0.15) is 76.8 Å². The molecule has 1 aromatic rings. The van der Waals surface area contributed by atoms with Crippen LogP contribution in [0.5, 0.6) is 0 Å². The topological polar surface area (TPSA) is 102 Å². The van der Waals surface area contributed by atoms with E-state index in [-0.39, 0.29) is 29.5 Å². The fourth-order valence-corrected chi connectivity index (χ4v) is 6.42. The first-order valence-corrected chi connectivity index (χ1v) is 19.1. The molecule has 1 fully saturated rings. The fourth-order valence-electron chi connectivity index (χ4n) is 4.63. The predicted octanol–water partition coefficient (Wildman–Crippen LogP) is 5.34. The summed E-state index contributed by atoms with van der Waals surface area (Å²) in [6.45, 7) is 12.5. The molecule has 0 spiro atoms. The molecule has 8 nitrogen and oxygen atoms in total. The van der Waals surface area contributed by atoms with E-state index in [4.69, 9.17) is 9.16 Å². The minimum atomic E-state index is -3.51. The molecule has 1 saturated heterocycles. The van der Waals surface area contributed by atoms with E-state index in [0.29, 0.717) is 26.0 Å². The molecule has 1 aliphatic heterocycles. The van der Waals surface area contributed by atoms with Gasteiger partial charge < -0.3 is 14.1 Å². The molecule has 1 N–H and O–H groups in total. The molecule has 10 heteroatoms. The number of methoxy groups -OCH3 is 1. The standard InChI is InChI=1S/C30H50N2O6SSi/c1-30(2,3)40(6,7)38-27(22-24-13-12-14-25(21-24)23-37-4)18-16-26-17-19-29(34)32(26)20-11-9-8-10-15-28(33)31-39(5,35)36/h12-14,16,18,21,26-27H,8-11,15,17,19-20,22-23H2,1-7H3,(H,31,33)/b18-16+/t26-,27+/m0/s1. The molecule has 1 aliphatic rings. The van der Waals surface area contributed by atoms with Gasteiger partial charge >= 0.3 is 0 Å². The number of amides is 2. The second-order valence-electron chi connectivity index (χ2n) is 12.4. The molecule has 2 atom stereocenters. The van der Waals surface area contributed by atoms with Gasteiger partial charge in [-0.2, -0.15) is 0 Å². The van der Waals surface area contributed by atoms with E-state index in [1.54, 1.807) is 7.11 Å². The Morgan fingerprint density at radius 1 is 1.18 bits per heavy atom. The van der Waals surface area contributed by atoms with Crippen LogP contribution in [0.2, 0.25) is 18.1 Å². The zero-order chi connectivity index (χ0) is 30.0. The van der Waals surface area contributed by atoms with Crippen LogP contribution in [0.3, 0.4) is 0 Å². The van der Waals surface area contributed by atoms with E-state index in [1.165, 1.54) is 5.56 Å². The maximum atomic E-state index is 12.7. The van der Waals surface area contributed by atoms with Gasteiger partial charge in [-0.15, -0.1) is 0 Å². The van der Waals surface area contributed by atoms with Gasteiger partial charge in [0, 0.05) is 32.9 Å². The second-order valence-corrected chi connectivity index (χ2v) is 18.9. The second kappa shape index (κ2) is 15.3. The fraction of sp³-hybridized carbons (Fsp3) is 0.667. The minimum absolute atomic E-state index is 0.0541. The van der Waals surface area contributed by atoms with Crippen molar-refractivity contribution in [1.82, 2.24) is 9.62 Å². The molecule has 0 aliphatic carbocycles. The summed E-state index contributed by atoms with van der Waals surface area (Å²) >= 11 is 0. The highest BCUT2D eigenvalue weighted by Gasteiger charge is 2.39. The number of carbonyl (C=O) groups is 2. The third kappa shape index (κ3) is 11.8. The van der Waals surface area contributed by atoms with Gasteiger partial charge in [0.25, 0.3) is 0 Å². The lowest BCUT2D eigenvalue weighted by Gasteiger charge is -2.39. The molecule has 0 aromatic heterocycles. The van der Waals surface area contributed by atoms with E-state index < -0.39 is 24.2 Å². The number of nitrogens with zero attached hydrogens (tertiary/aromatic N) is 1. The van der Waals surface area contributed by atoms with Gasteiger partial charge in [-0.3, -0.25) is 14.3 Å². The lowest BCUT2D eigenvalue weighted by Crippen LogP contribution is -2.44. The molecule has 0 radical (unpaired) electrons. The monoisotopic (exact) mass is 594 g/mol. The number of likely N-dealkylation sites (tertiary alicyclic amines) is 1. The van der Waals surface area contributed by atoms with Crippen molar-refractivity contribution in [2.75, 3.05) is 19.9 Å². The van der Waals surface area contributed by atoms with Gasteiger partial charge in [0.05, 0.1) is 25.0 Å².